The number of carboxylic acid groups (broad SMARTS) is 1. The van der Waals surface area contributed by atoms with Gasteiger partial charge in [0.2, 0.25) is 5.91 Å². The monoisotopic (exact) mass is 287 g/mol. The third kappa shape index (κ3) is 10.1. The maximum Gasteiger partial charge on any atom is 0.326 e. The third-order valence-corrected chi connectivity index (χ3v) is 2.69. The fraction of sp³-hybridized carbons (Fsp3) is 0.750. The number of nitrogens with two attached hydrogens (primary N) is 3. The summed E-state index contributed by atoms with van der Waals surface area (Å²) >= 11 is 0. The number of aliphatic imine (C=N–C) groups is 1. The molecule has 8 nitrogen and oxygen atoms in total. The van der Waals surface area contributed by atoms with Crippen LogP contribution in [0.15, 0.2) is 4.99 Å². The van der Waals surface area contributed by atoms with Crippen LogP contribution in [0.1, 0.15) is 38.5 Å². The molecule has 116 valence electrons. The predicted octanol–water partition coefficient (Wildman–Crippen LogP) is -0.871. The lowest BCUT2D eigenvalue weighted by atomic mass is 10.1. The highest BCUT2D eigenvalue weighted by Crippen LogP contribution is 2.02. The largest absolute Gasteiger partial charge is 0.480 e. The van der Waals surface area contributed by atoms with E-state index in [1.54, 1.807) is 0 Å². The first kappa shape index (κ1) is 18.2. The molecule has 0 aromatic rings. The summed E-state index contributed by atoms with van der Waals surface area (Å²) in [4.78, 5) is 26.4. The summed E-state index contributed by atoms with van der Waals surface area (Å²) < 4.78 is 0. The minimum absolute atomic E-state index is 0.0270. The maximum absolute atomic E-state index is 11.6. The molecule has 0 radical (unpaired) electrons. The Balaban J connectivity index is 3.97. The van der Waals surface area contributed by atoms with Crippen molar-refractivity contribution in [1.29, 1.82) is 0 Å². The molecule has 1 amide bonds. The zero-order valence-electron chi connectivity index (χ0n) is 11.7. The Kier molecular flexibility index (Phi) is 10.0. The van der Waals surface area contributed by atoms with Crippen LogP contribution in [0.5, 0.6) is 0 Å². The van der Waals surface area contributed by atoms with Crippen LogP contribution < -0.4 is 22.5 Å². The molecule has 0 fully saturated rings. The molecule has 20 heavy (non-hydrogen) atoms. The minimum Gasteiger partial charge on any atom is -0.480 e. The van der Waals surface area contributed by atoms with Crippen molar-refractivity contribution in [2.75, 3.05) is 13.1 Å². The number of hydrogen-bond donors (Lipinski definition) is 5. The first-order valence-electron chi connectivity index (χ1n) is 6.75. The number of aliphatic carboxylic acids is 1. The standard InChI is InChI=1S/C12H25N5O3/c13-7-3-1-2-6-10(18)17-9(11(19)20)5-4-8-16-12(14)15/h9H,1-8,13H2,(H,17,18)(H,19,20)(H4,14,15,16)/t9-/m1/s1. The van der Waals surface area contributed by atoms with Gasteiger partial charge in [0.05, 0.1) is 0 Å². The number of nitrogens with one attached hydrogen (secondary N) is 1. The Labute approximate surface area is 118 Å². The van der Waals surface area contributed by atoms with Crippen LogP contribution in [0.4, 0.5) is 0 Å². The molecule has 0 rings (SSSR count). The lowest BCUT2D eigenvalue weighted by Crippen LogP contribution is -2.40. The normalized spacial score (nSPS) is 11.7. The molecule has 1 atom stereocenters. The SMILES string of the molecule is NCCCCCC(=O)N[C@H](CCCN=C(N)N)C(=O)O. The number of amides is 1. The Morgan fingerprint density at radius 2 is 1.85 bits per heavy atom. The zero-order valence-corrected chi connectivity index (χ0v) is 11.7. The maximum atomic E-state index is 11.6. The first-order chi connectivity index (χ1) is 9.47. The number of rotatable bonds is 11. The molecule has 0 saturated carbocycles. The molecule has 0 unspecified atom stereocenters. The molecule has 0 heterocycles. The van der Waals surface area contributed by atoms with E-state index < -0.39 is 12.0 Å². The van der Waals surface area contributed by atoms with E-state index in [9.17, 15) is 9.59 Å². The Hall–Kier alpha value is -1.83. The predicted molar refractivity (Wildman–Crippen MR) is 77.0 cm³/mol. The number of hydrogen-bond acceptors (Lipinski definition) is 4. The number of nitrogens with zero attached hydrogens (tertiary/aromatic N) is 1. The van der Waals surface area contributed by atoms with E-state index in [-0.39, 0.29) is 11.9 Å². The lowest BCUT2D eigenvalue weighted by Gasteiger charge is -2.13. The molecule has 0 aliphatic carbocycles. The highest BCUT2D eigenvalue weighted by Gasteiger charge is 2.18. The molecule has 8 N–H and O–H groups in total. The molecule has 0 bridgehead atoms. The molecular formula is C12H25N5O3. The summed E-state index contributed by atoms with van der Waals surface area (Å²) in [5.41, 5.74) is 15.7. The van der Waals surface area contributed by atoms with Crippen LogP contribution in [0.25, 0.3) is 0 Å². The topological polar surface area (TPSA) is 157 Å². The Bertz CT molecular complexity index is 329. The van der Waals surface area contributed by atoms with Crippen LogP contribution in [0.3, 0.4) is 0 Å². The van der Waals surface area contributed by atoms with Gasteiger partial charge in [-0.1, -0.05) is 6.42 Å². The summed E-state index contributed by atoms with van der Waals surface area (Å²) in [6, 6.07) is -0.897. The van der Waals surface area contributed by atoms with Crippen molar-refractivity contribution in [2.24, 2.45) is 22.2 Å². The Morgan fingerprint density at radius 1 is 1.15 bits per heavy atom. The van der Waals surface area contributed by atoms with E-state index in [2.05, 4.69) is 10.3 Å². The van der Waals surface area contributed by atoms with Crippen molar-refractivity contribution in [3.63, 3.8) is 0 Å². The fourth-order valence-electron chi connectivity index (χ4n) is 1.63. The van der Waals surface area contributed by atoms with Gasteiger partial charge in [-0.25, -0.2) is 4.79 Å². The lowest BCUT2D eigenvalue weighted by molar-refractivity contribution is -0.142. The van der Waals surface area contributed by atoms with Crippen molar-refractivity contribution < 1.29 is 14.7 Å². The van der Waals surface area contributed by atoms with E-state index in [1.807, 2.05) is 0 Å². The second-order valence-corrected chi connectivity index (χ2v) is 4.51. The molecule has 8 heteroatoms. The van der Waals surface area contributed by atoms with E-state index in [0.29, 0.717) is 38.8 Å². The van der Waals surface area contributed by atoms with Crippen molar-refractivity contribution in [1.82, 2.24) is 5.32 Å². The first-order valence-corrected chi connectivity index (χ1v) is 6.75. The molecule has 0 spiro atoms. The van der Waals surface area contributed by atoms with Gasteiger partial charge in [-0.3, -0.25) is 9.79 Å². The quantitative estimate of drug-likeness (QED) is 0.189. The highest BCUT2D eigenvalue weighted by atomic mass is 16.4. The van der Waals surface area contributed by atoms with Crippen molar-refractivity contribution in [3.8, 4) is 0 Å². The van der Waals surface area contributed by atoms with E-state index in [1.165, 1.54) is 0 Å². The van der Waals surface area contributed by atoms with Crippen molar-refractivity contribution in [2.45, 2.75) is 44.6 Å². The molecule has 0 saturated heterocycles. The van der Waals surface area contributed by atoms with E-state index in [4.69, 9.17) is 22.3 Å². The van der Waals surface area contributed by atoms with Gasteiger partial charge in [0, 0.05) is 13.0 Å². The van der Waals surface area contributed by atoms with Crippen LogP contribution in [0, 0.1) is 0 Å². The van der Waals surface area contributed by atoms with E-state index in [0.717, 1.165) is 12.8 Å². The smallest absolute Gasteiger partial charge is 0.326 e. The Morgan fingerprint density at radius 3 is 2.40 bits per heavy atom. The van der Waals surface area contributed by atoms with Gasteiger partial charge in [-0.15, -0.1) is 0 Å². The minimum atomic E-state index is -1.05. The summed E-state index contributed by atoms with van der Waals surface area (Å²) in [7, 11) is 0. The summed E-state index contributed by atoms with van der Waals surface area (Å²) in [6.45, 7) is 0.947. The van der Waals surface area contributed by atoms with Crippen LogP contribution in [-0.2, 0) is 9.59 Å². The zero-order chi connectivity index (χ0) is 15.4. The number of guanidine groups is 1. The van der Waals surface area contributed by atoms with Gasteiger partial charge in [0.15, 0.2) is 5.96 Å². The van der Waals surface area contributed by atoms with Gasteiger partial charge in [0.25, 0.3) is 0 Å². The summed E-state index contributed by atoms with van der Waals surface area (Å²) in [5.74, 6) is -1.33. The van der Waals surface area contributed by atoms with Gasteiger partial charge in [0.1, 0.15) is 6.04 Å². The molecular weight excluding hydrogens is 262 g/mol. The average Bonchev–Trinajstić information content (AvgIpc) is 2.37. The average molecular weight is 287 g/mol. The van der Waals surface area contributed by atoms with Crippen LogP contribution >= 0.6 is 0 Å². The molecule has 0 aromatic carbocycles. The summed E-state index contributed by atoms with van der Waals surface area (Å²) in [5, 5.41) is 11.5. The molecule has 0 aromatic heterocycles. The summed E-state index contributed by atoms with van der Waals surface area (Å²) in [6.07, 6.45) is 3.55. The number of unbranched alkanes of at least 4 members (excludes halogenated alkanes) is 2. The van der Waals surface area contributed by atoms with Crippen LogP contribution in [0.2, 0.25) is 0 Å². The van der Waals surface area contributed by atoms with Gasteiger partial charge < -0.3 is 27.6 Å². The van der Waals surface area contributed by atoms with Crippen molar-refractivity contribution >= 4 is 17.8 Å². The third-order valence-electron chi connectivity index (χ3n) is 2.69. The number of carbonyl (C=O) groups is 2. The highest BCUT2D eigenvalue weighted by molar-refractivity contribution is 5.83. The number of carboxylic acids is 1. The second-order valence-electron chi connectivity index (χ2n) is 4.51. The fourth-order valence-corrected chi connectivity index (χ4v) is 1.63. The van der Waals surface area contributed by atoms with Gasteiger partial charge >= 0.3 is 5.97 Å². The molecule has 0 aliphatic heterocycles. The van der Waals surface area contributed by atoms with Crippen molar-refractivity contribution in [3.05, 3.63) is 0 Å². The molecule has 0 aliphatic rings. The second kappa shape index (κ2) is 11.0. The number of carbonyl (C=O) groups excluding carboxylic acids is 1. The van der Waals surface area contributed by atoms with Crippen LogP contribution in [-0.4, -0.2) is 42.1 Å². The van der Waals surface area contributed by atoms with Gasteiger partial charge in [-0.05, 0) is 32.2 Å². The van der Waals surface area contributed by atoms with E-state index >= 15 is 0 Å². The van der Waals surface area contributed by atoms with Gasteiger partial charge in [-0.2, -0.15) is 0 Å².